The van der Waals surface area contributed by atoms with E-state index in [1.807, 2.05) is 26.1 Å². The number of nitrogens with zero attached hydrogens (tertiary/aromatic N) is 3. The minimum atomic E-state index is 0.104. The summed E-state index contributed by atoms with van der Waals surface area (Å²) in [6.07, 6.45) is 0. The van der Waals surface area contributed by atoms with Gasteiger partial charge in [0.15, 0.2) is 0 Å². The van der Waals surface area contributed by atoms with E-state index in [9.17, 15) is 4.79 Å². The quantitative estimate of drug-likeness (QED) is 0.835. The number of rotatable bonds is 5. The monoisotopic (exact) mass is 294 g/mol. The Morgan fingerprint density at radius 1 is 1.48 bits per heavy atom. The van der Waals surface area contributed by atoms with Crippen LogP contribution >= 0.6 is 0 Å². The van der Waals surface area contributed by atoms with E-state index in [1.54, 1.807) is 4.90 Å². The lowest BCUT2D eigenvalue weighted by atomic mass is 10.1. The van der Waals surface area contributed by atoms with Crippen LogP contribution in [-0.2, 0) is 11.3 Å². The smallest absolute Gasteiger partial charge is 0.236 e. The van der Waals surface area contributed by atoms with E-state index >= 15 is 0 Å². The number of furan rings is 1. The number of nitrogens with two attached hydrogens (primary N) is 1. The average Bonchev–Trinajstić information content (AvgIpc) is 2.85. The van der Waals surface area contributed by atoms with E-state index < -0.39 is 0 Å². The van der Waals surface area contributed by atoms with Gasteiger partial charge in [0.2, 0.25) is 5.91 Å². The molecule has 0 bridgehead atoms. The van der Waals surface area contributed by atoms with Gasteiger partial charge in [-0.3, -0.25) is 9.69 Å². The van der Waals surface area contributed by atoms with Crippen molar-refractivity contribution in [1.82, 2.24) is 14.7 Å². The van der Waals surface area contributed by atoms with Gasteiger partial charge in [0, 0.05) is 39.3 Å². The zero-order valence-electron chi connectivity index (χ0n) is 13.2. The first-order valence-electron chi connectivity index (χ1n) is 7.41. The predicted molar refractivity (Wildman–Crippen MR) is 81.8 cm³/mol. The fourth-order valence-corrected chi connectivity index (χ4v) is 2.67. The molecule has 118 valence electrons. The van der Waals surface area contributed by atoms with E-state index in [2.05, 4.69) is 16.8 Å². The second-order valence-electron chi connectivity index (χ2n) is 5.88. The van der Waals surface area contributed by atoms with Gasteiger partial charge in [-0.1, -0.05) is 0 Å². The summed E-state index contributed by atoms with van der Waals surface area (Å²) in [6.45, 7) is 6.20. The molecular formula is C15H26N4O2. The molecule has 0 saturated carbocycles. The van der Waals surface area contributed by atoms with Crippen LogP contribution in [0.3, 0.4) is 0 Å². The van der Waals surface area contributed by atoms with Crippen molar-refractivity contribution in [3.63, 3.8) is 0 Å². The molecule has 2 rings (SSSR count). The molecule has 21 heavy (non-hydrogen) atoms. The predicted octanol–water partition coefficient (Wildman–Crippen LogP) is 0.121. The highest BCUT2D eigenvalue weighted by molar-refractivity contribution is 5.78. The van der Waals surface area contributed by atoms with Gasteiger partial charge in [-0.25, -0.2) is 0 Å². The Balaban J connectivity index is 1.87. The molecule has 1 aliphatic heterocycles. The summed E-state index contributed by atoms with van der Waals surface area (Å²) >= 11 is 0. The Labute approximate surface area is 126 Å². The number of aryl methyl sites for hydroxylation is 1. The minimum Gasteiger partial charge on any atom is -0.464 e. The van der Waals surface area contributed by atoms with Crippen molar-refractivity contribution in [2.45, 2.75) is 19.5 Å². The molecule has 0 radical (unpaired) electrons. The Morgan fingerprint density at radius 3 is 2.86 bits per heavy atom. The summed E-state index contributed by atoms with van der Waals surface area (Å²) in [5.41, 5.74) is 5.83. The summed E-state index contributed by atoms with van der Waals surface area (Å²) in [5.74, 6) is 1.79. The Hall–Kier alpha value is -1.37. The molecule has 1 aromatic rings. The largest absolute Gasteiger partial charge is 0.464 e. The highest BCUT2D eigenvalue weighted by Gasteiger charge is 2.26. The molecule has 0 spiro atoms. The normalized spacial score (nSPS) is 20.7. The fourth-order valence-electron chi connectivity index (χ4n) is 2.67. The highest BCUT2D eigenvalue weighted by atomic mass is 16.3. The molecule has 1 aromatic heterocycles. The van der Waals surface area contributed by atoms with Gasteiger partial charge < -0.3 is 20.0 Å². The van der Waals surface area contributed by atoms with Crippen LogP contribution in [0, 0.1) is 6.92 Å². The van der Waals surface area contributed by atoms with Gasteiger partial charge >= 0.3 is 0 Å². The van der Waals surface area contributed by atoms with Crippen LogP contribution < -0.4 is 5.73 Å². The molecule has 1 amide bonds. The average molecular weight is 294 g/mol. The lowest BCUT2D eigenvalue weighted by molar-refractivity contribution is -0.133. The Bertz CT molecular complexity index is 474. The molecular weight excluding hydrogens is 268 g/mol. The van der Waals surface area contributed by atoms with E-state index in [-0.39, 0.29) is 11.9 Å². The number of amides is 1. The molecule has 1 saturated heterocycles. The number of piperazine rings is 1. The molecule has 0 aliphatic carbocycles. The summed E-state index contributed by atoms with van der Waals surface area (Å²) in [5, 5.41) is 0. The van der Waals surface area contributed by atoms with Crippen LogP contribution in [0.15, 0.2) is 16.5 Å². The van der Waals surface area contributed by atoms with Gasteiger partial charge in [-0.05, 0) is 26.1 Å². The summed E-state index contributed by atoms with van der Waals surface area (Å²) in [7, 11) is 3.90. The second-order valence-corrected chi connectivity index (χ2v) is 5.88. The third-order valence-corrected chi connectivity index (χ3v) is 4.03. The van der Waals surface area contributed by atoms with Crippen molar-refractivity contribution < 1.29 is 9.21 Å². The second kappa shape index (κ2) is 7.06. The van der Waals surface area contributed by atoms with Crippen LogP contribution in [0.1, 0.15) is 11.5 Å². The summed E-state index contributed by atoms with van der Waals surface area (Å²) in [4.78, 5) is 18.5. The molecule has 2 heterocycles. The van der Waals surface area contributed by atoms with Crippen LogP contribution in [0.5, 0.6) is 0 Å². The van der Waals surface area contributed by atoms with E-state index in [4.69, 9.17) is 10.2 Å². The minimum absolute atomic E-state index is 0.104. The molecule has 1 fully saturated rings. The van der Waals surface area contributed by atoms with Crippen LogP contribution in [0.2, 0.25) is 0 Å². The number of carbonyl (C=O) groups is 1. The first-order chi connectivity index (χ1) is 9.99. The van der Waals surface area contributed by atoms with Gasteiger partial charge in [0.25, 0.3) is 0 Å². The molecule has 1 unspecified atom stereocenters. The van der Waals surface area contributed by atoms with Crippen LogP contribution in [0.4, 0.5) is 0 Å². The third-order valence-electron chi connectivity index (χ3n) is 4.03. The summed E-state index contributed by atoms with van der Waals surface area (Å²) < 4.78 is 5.52. The van der Waals surface area contributed by atoms with E-state index in [0.717, 1.165) is 31.2 Å². The Kier molecular flexibility index (Phi) is 5.39. The molecule has 1 aliphatic rings. The molecule has 6 nitrogen and oxygen atoms in total. The first-order valence-corrected chi connectivity index (χ1v) is 7.41. The van der Waals surface area contributed by atoms with Crippen molar-refractivity contribution in [2.24, 2.45) is 5.73 Å². The topological polar surface area (TPSA) is 66.0 Å². The number of likely N-dealkylation sites (N-methyl/N-ethyl adjacent to an activating group) is 2. The highest BCUT2D eigenvalue weighted by Crippen LogP contribution is 2.11. The first kappa shape index (κ1) is 16.0. The molecule has 0 aromatic carbocycles. The standard InChI is InChI=1S/C15H26N4O2/c1-12-4-5-14(21-12)10-18(3)15(20)11-19-7-6-17(2)9-13(19)8-16/h4-5,13H,6-11,16H2,1-3H3. The molecule has 6 heteroatoms. The van der Waals surface area contributed by atoms with E-state index in [0.29, 0.717) is 19.6 Å². The van der Waals surface area contributed by atoms with Crippen molar-refractivity contribution in [2.75, 3.05) is 46.8 Å². The maximum absolute atomic E-state index is 12.4. The number of hydrogen-bond acceptors (Lipinski definition) is 5. The Morgan fingerprint density at radius 2 is 2.24 bits per heavy atom. The number of carbonyl (C=O) groups excluding carboxylic acids is 1. The maximum Gasteiger partial charge on any atom is 0.236 e. The lowest BCUT2D eigenvalue weighted by Crippen LogP contribution is -2.56. The zero-order chi connectivity index (χ0) is 15.4. The van der Waals surface area contributed by atoms with Crippen molar-refractivity contribution >= 4 is 5.91 Å². The van der Waals surface area contributed by atoms with Gasteiger partial charge in [-0.15, -0.1) is 0 Å². The van der Waals surface area contributed by atoms with Gasteiger partial charge in [0.05, 0.1) is 13.1 Å². The van der Waals surface area contributed by atoms with Crippen molar-refractivity contribution in [3.05, 3.63) is 23.7 Å². The zero-order valence-corrected chi connectivity index (χ0v) is 13.2. The van der Waals surface area contributed by atoms with E-state index in [1.165, 1.54) is 0 Å². The van der Waals surface area contributed by atoms with Gasteiger partial charge in [-0.2, -0.15) is 0 Å². The number of hydrogen-bond donors (Lipinski definition) is 1. The SMILES string of the molecule is Cc1ccc(CN(C)C(=O)CN2CCN(C)CC2CN)o1. The summed E-state index contributed by atoms with van der Waals surface area (Å²) in [6, 6.07) is 4.09. The van der Waals surface area contributed by atoms with Crippen LogP contribution in [-0.4, -0.2) is 73.5 Å². The van der Waals surface area contributed by atoms with Crippen molar-refractivity contribution in [3.8, 4) is 0 Å². The third kappa shape index (κ3) is 4.30. The molecule has 2 N–H and O–H groups in total. The van der Waals surface area contributed by atoms with Crippen LogP contribution in [0.25, 0.3) is 0 Å². The molecule has 1 atom stereocenters. The fraction of sp³-hybridized carbons (Fsp3) is 0.667. The maximum atomic E-state index is 12.4. The van der Waals surface area contributed by atoms with Gasteiger partial charge in [0.1, 0.15) is 11.5 Å². The van der Waals surface area contributed by atoms with Crippen molar-refractivity contribution in [1.29, 1.82) is 0 Å². The lowest BCUT2D eigenvalue weighted by Gasteiger charge is -2.39.